The van der Waals surface area contributed by atoms with Crippen molar-refractivity contribution in [3.05, 3.63) is 15.8 Å². The van der Waals surface area contributed by atoms with E-state index in [0.29, 0.717) is 25.8 Å². The number of anilines is 1. The number of hydrogen-bond acceptors (Lipinski definition) is 5. The number of aliphatic carboxylic acids is 1. The second-order valence-corrected chi connectivity index (χ2v) is 6.33. The van der Waals surface area contributed by atoms with Crippen LogP contribution in [0.15, 0.2) is 12.1 Å². The van der Waals surface area contributed by atoms with Crippen molar-refractivity contribution in [2.24, 2.45) is 0 Å². The molecule has 0 spiro atoms. The van der Waals surface area contributed by atoms with Gasteiger partial charge in [0.25, 0.3) is 0 Å². The van der Waals surface area contributed by atoms with E-state index in [2.05, 4.69) is 39.5 Å². The molecule has 1 saturated heterocycles. The van der Waals surface area contributed by atoms with Crippen LogP contribution in [0.25, 0.3) is 11.0 Å². The van der Waals surface area contributed by atoms with Gasteiger partial charge in [-0.2, -0.15) is 5.10 Å². The van der Waals surface area contributed by atoms with Gasteiger partial charge < -0.3 is 14.7 Å². The zero-order chi connectivity index (χ0) is 15.7. The molecule has 0 bridgehead atoms. The SMILES string of the molecule is C[C@@H]1COCCN1c1ccc2c(n1)c(I)nn2CCC(=O)O. The van der Waals surface area contributed by atoms with Gasteiger partial charge in [0.2, 0.25) is 0 Å². The summed E-state index contributed by atoms with van der Waals surface area (Å²) in [5, 5.41) is 13.2. The summed E-state index contributed by atoms with van der Waals surface area (Å²) in [5.41, 5.74) is 1.69. The molecule has 1 N–H and O–H groups in total. The molecule has 3 heterocycles. The molecular formula is C14H17IN4O3. The van der Waals surface area contributed by atoms with E-state index in [9.17, 15) is 4.79 Å². The summed E-state index contributed by atoms with van der Waals surface area (Å²) in [5.74, 6) is 0.0874. The predicted octanol–water partition coefficient (Wildman–Crippen LogP) is 1.74. The van der Waals surface area contributed by atoms with Crippen LogP contribution in [0.5, 0.6) is 0 Å². The van der Waals surface area contributed by atoms with Gasteiger partial charge in [-0.3, -0.25) is 9.48 Å². The Hall–Kier alpha value is -1.42. The molecule has 0 aliphatic carbocycles. The number of nitrogens with zero attached hydrogens (tertiary/aromatic N) is 4. The second-order valence-electron chi connectivity index (χ2n) is 5.31. The molecule has 8 heteroatoms. The Kier molecular flexibility index (Phi) is 4.48. The number of aryl methyl sites for hydroxylation is 1. The highest BCUT2D eigenvalue weighted by Crippen LogP contribution is 2.24. The Morgan fingerprint density at radius 3 is 3.09 bits per heavy atom. The molecule has 3 rings (SSSR count). The molecule has 2 aromatic rings. The number of ether oxygens (including phenoxy) is 1. The Morgan fingerprint density at radius 2 is 2.36 bits per heavy atom. The molecule has 1 fully saturated rings. The summed E-state index contributed by atoms with van der Waals surface area (Å²) in [4.78, 5) is 17.7. The summed E-state index contributed by atoms with van der Waals surface area (Å²) in [6, 6.07) is 4.23. The third kappa shape index (κ3) is 3.02. The van der Waals surface area contributed by atoms with Gasteiger partial charge in [0.15, 0.2) is 0 Å². The van der Waals surface area contributed by atoms with Gasteiger partial charge in [-0.15, -0.1) is 0 Å². The maximum atomic E-state index is 10.7. The van der Waals surface area contributed by atoms with E-state index in [0.717, 1.165) is 27.1 Å². The smallest absolute Gasteiger partial charge is 0.305 e. The summed E-state index contributed by atoms with van der Waals surface area (Å²) in [7, 11) is 0. The number of fused-ring (bicyclic) bond motifs is 1. The van der Waals surface area contributed by atoms with E-state index in [1.807, 2.05) is 12.1 Å². The number of aromatic nitrogens is 3. The van der Waals surface area contributed by atoms with E-state index >= 15 is 0 Å². The molecule has 1 atom stereocenters. The molecule has 118 valence electrons. The molecule has 22 heavy (non-hydrogen) atoms. The molecular weight excluding hydrogens is 399 g/mol. The fourth-order valence-electron chi connectivity index (χ4n) is 2.61. The molecule has 7 nitrogen and oxygen atoms in total. The minimum atomic E-state index is -0.828. The number of carbonyl (C=O) groups is 1. The molecule has 0 aromatic carbocycles. The van der Waals surface area contributed by atoms with Crippen molar-refractivity contribution in [2.45, 2.75) is 25.9 Å². The molecule has 1 aliphatic rings. The second kappa shape index (κ2) is 6.37. The van der Waals surface area contributed by atoms with E-state index in [-0.39, 0.29) is 6.42 Å². The molecule has 0 radical (unpaired) electrons. The van der Waals surface area contributed by atoms with E-state index in [1.54, 1.807) is 4.68 Å². The maximum absolute atomic E-state index is 10.7. The van der Waals surface area contributed by atoms with Gasteiger partial charge in [0, 0.05) is 6.54 Å². The van der Waals surface area contributed by atoms with Crippen LogP contribution in [0.3, 0.4) is 0 Å². The lowest BCUT2D eigenvalue weighted by atomic mass is 10.2. The van der Waals surface area contributed by atoms with Gasteiger partial charge in [-0.05, 0) is 41.6 Å². The van der Waals surface area contributed by atoms with Gasteiger partial charge in [-0.1, -0.05) is 0 Å². The van der Waals surface area contributed by atoms with Crippen LogP contribution in [0.1, 0.15) is 13.3 Å². The number of rotatable bonds is 4. The quantitative estimate of drug-likeness (QED) is 0.765. The maximum Gasteiger partial charge on any atom is 0.305 e. The highest BCUT2D eigenvalue weighted by Gasteiger charge is 2.21. The van der Waals surface area contributed by atoms with Gasteiger partial charge in [0.1, 0.15) is 15.0 Å². The first kappa shape index (κ1) is 15.5. The normalized spacial score (nSPS) is 18.8. The number of pyridine rings is 1. The van der Waals surface area contributed by atoms with Crippen LogP contribution in [0.2, 0.25) is 0 Å². The standard InChI is InChI=1S/C14H17IN4O3/c1-9-8-22-7-6-18(9)11-3-2-10-13(16-11)14(15)17-19(10)5-4-12(20)21/h2-3,9H,4-8H2,1H3,(H,20,21)/t9-/m1/s1. The zero-order valence-electron chi connectivity index (χ0n) is 12.2. The molecule has 2 aromatic heterocycles. The van der Waals surface area contributed by atoms with Crippen LogP contribution in [0.4, 0.5) is 5.82 Å². The average Bonchev–Trinajstić information content (AvgIpc) is 2.82. The van der Waals surface area contributed by atoms with Crippen LogP contribution >= 0.6 is 22.6 Å². The van der Waals surface area contributed by atoms with E-state index in [4.69, 9.17) is 14.8 Å². The number of halogens is 1. The van der Waals surface area contributed by atoms with Crippen LogP contribution in [-0.2, 0) is 16.1 Å². The zero-order valence-corrected chi connectivity index (χ0v) is 14.4. The topological polar surface area (TPSA) is 80.5 Å². The lowest BCUT2D eigenvalue weighted by molar-refractivity contribution is -0.137. The Morgan fingerprint density at radius 1 is 1.55 bits per heavy atom. The minimum Gasteiger partial charge on any atom is -0.481 e. The van der Waals surface area contributed by atoms with Crippen LogP contribution in [0, 0.1) is 3.70 Å². The Balaban J connectivity index is 1.93. The first-order chi connectivity index (χ1) is 10.6. The summed E-state index contributed by atoms with van der Waals surface area (Å²) >= 11 is 2.14. The van der Waals surface area contributed by atoms with Gasteiger partial charge in [-0.25, -0.2) is 4.98 Å². The third-order valence-corrected chi connectivity index (χ3v) is 4.47. The summed E-state index contributed by atoms with van der Waals surface area (Å²) in [6.07, 6.45) is 0.0507. The molecule has 0 saturated carbocycles. The van der Waals surface area contributed by atoms with Crippen molar-refractivity contribution >= 4 is 45.4 Å². The third-order valence-electron chi connectivity index (χ3n) is 3.74. The fourth-order valence-corrected chi connectivity index (χ4v) is 3.27. The van der Waals surface area contributed by atoms with Crippen LogP contribution in [-0.4, -0.2) is 51.6 Å². The number of morpholine rings is 1. The Bertz CT molecular complexity index is 703. The minimum absolute atomic E-state index is 0.0507. The summed E-state index contributed by atoms with van der Waals surface area (Å²) < 4.78 is 7.97. The van der Waals surface area contributed by atoms with Crippen molar-refractivity contribution in [1.29, 1.82) is 0 Å². The van der Waals surface area contributed by atoms with Gasteiger partial charge in [0.05, 0.1) is 37.7 Å². The summed E-state index contributed by atoms with van der Waals surface area (Å²) in [6.45, 7) is 4.70. The van der Waals surface area contributed by atoms with Crippen LogP contribution < -0.4 is 4.90 Å². The van der Waals surface area contributed by atoms with Gasteiger partial charge >= 0.3 is 5.97 Å². The van der Waals surface area contributed by atoms with Crippen molar-refractivity contribution < 1.29 is 14.6 Å². The average molecular weight is 416 g/mol. The van der Waals surface area contributed by atoms with Crippen molar-refractivity contribution in [3.63, 3.8) is 0 Å². The molecule has 0 amide bonds. The lowest BCUT2D eigenvalue weighted by Gasteiger charge is -2.34. The van der Waals surface area contributed by atoms with E-state index < -0.39 is 5.97 Å². The van der Waals surface area contributed by atoms with Crippen molar-refractivity contribution in [3.8, 4) is 0 Å². The fraction of sp³-hybridized carbons (Fsp3) is 0.500. The number of carboxylic acids is 1. The molecule has 1 aliphatic heterocycles. The molecule has 0 unspecified atom stereocenters. The highest BCUT2D eigenvalue weighted by atomic mass is 127. The number of carboxylic acid groups (broad SMARTS) is 1. The Labute approximate surface area is 141 Å². The van der Waals surface area contributed by atoms with Crippen molar-refractivity contribution in [1.82, 2.24) is 14.8 Å². The first-order valence-corrected chi connectivity index (χ1v) is 8.23. The van der Waals surface area contributed by atoms with E-state index in [1.165, 1.54) is 0 Å². The lowest BCUT2D eigenvalue weighted by Crippen LogP contribution is -2.44. The predicted molar refractivity (Wildman–Crippen MR) is 90.1 cm³/mol. The largest absolute Gasteiger partial charge is 0.481 e. The first-order valence-electron chi connectivity index (χ1n) is 7.15. The highest BCUT2D eigenvalue weighted by molar-refractivity contribution is 14.1. The number of hydrogen-bond donors (Lipinski definition) is 1. The monoisotopic (exact) mass is 416 g/mol. The van der Waals surface area contributed by atoms with Crippen molar-refractivity contribution in [2.75, 3.05) is 24.7 Å².